The Morgan fingerprint density at radius 2 is 1.68 bits per heavy atom. The van der Waals surface area contributed by atoms with Gasteiger partial charge in [-0.2, -0.15) is 33.2 Å². The van der Waals surface area contributed by atoms with E-state index in [1.54, 1.807) is 12.1 Å². The number of hydrogen-bond acceptors (Lipinski definition) is 11. The fourth-order valence-corrected chi connectivity index (χ4v) is 5.36. The van der Waals surface area contributed by atoms with Crippen LogP contribution in [0.1, 0.15) is 11.1 Å². The fraction of sp³-hybridized carbons (Fsp3) is 0.185. The van der Waals surface area contributed by atoms with E-state index in [1.165, 1.54) is 6.21 Å². The average Bonchev–Trinajstić information content (AvgIpc) is 2.99. The van der Waals surface area contributed by atoms with Gasteiger partial charge in [-0.3, -0.25) is 10.1 Å². The van der Waals surface area contributed by atoms with Crippen LogP contribution in [0.25, 0.3) is 0 Å². The lowest BCUT2D eigenvalue weighted by Crippen LogP contribution is -2.37. The Bertz CT molecular complexity index is 1670. The van der Waals surface area contributed by atoms with Crippen LogP contribution in [0.2, 0.25) is 0 Å². The third-order valence-electron chi connectivity index (χ3n) is 6.04. The molecule has 1 fully saturated rings. The molecule has 0 atom stereocenters. The zero-order valence-corrected chi connectivity index (χ0v) is 25.6. The highest BCUT2D eigenvalue weighted by atomic mass is 79.9. The van der Waals surface area contributed by atoms with E-state index in [2.05, 4.69) is 62.7 Å². The number of halogens is 5. The van der Waals surface area contributed by atoms with E-state index in [-0.39, 0.29) is 17.4 Å². The van der Waals surface area contributed by atoms with Gasteiger partial charge in [0, 0.05) is 24.8 Å². The van der Waals surface area contributed by atoms with Crippen molar-refractivity contribution in [3.8, 4) is 11.5 Å². The first-order chi connectivity index (χ1) is 21.1. The number of nitrogens with zero attached hydrogens (tertiary/aromatic N) is 6. The maximum absolute atomic E-state index is 13.1. The molecule has 1 aliphatic heterocycles. The monoisotopic (exact) mass is 736 g/mol. The molecule has 3 aromatic carbocycles. The molecule has 2 heterocycles. The summed E-state index contributed by atoms with van der Waals surface area (Å²) in [4.78, 5) is 25.9. The predicted octanol–water partition coefficient (Wildman–Crippen LogP) is 7.14. The molecule has 5 rings (SSSR count). The molecule has 0 bridgehead atoms. The summed E-state index contributed by atoms with van der Waals surface area (Å²) in [5.74, 6) is 0.697. The van der Waals surface area contributed by atoms with Gasteiger partial charge in [0.25, 0.3) is 0 Å². The van der Waals surface area contributed by atoms with Crippen molar-refractivity contribution in [1.29, 1.82) is 0 Å². The lowest BCUT2D eigenvalue weighted by Gasteiger charge is -2.27. The molecule has 1 saturated heterocycles. The maximum Gasteiger partial charge on any atom is 0.416 e. The number of benzene rings is 3. The molecule has 44 heavy (non-hydrogen) atoms. The number of nitro groups is 1. The highest BCUT2D eigenvalue weighted by molar-refractivity contribution is 9.11. The summed E-state index contributed by atoms with van der Waals surface area (Å²) in [5, 5.41) is 18.9. The van der Waals surface area contributed by atoms with Gasteiger partial charge in [-0.25, -0.2) is 5.43 Å². The highest BCUT2D eigenvalue weighted by Gasteiger charge is 2.33. The van der Waals surface area contributed by atoms with Crippen LogP contribution in [-0.2, 0) is 10.9 Å². The van der Waals surface area contributed by atoms with Crippen molar-refractivity contribution >= 4 is 67.3 Å². The second kappa shape index (κ2) is 13.5. The number of morpholine rings is 1. The van der Waals surface area contributed by atoms with E-state index >= 15 is 0 Å². The fourth-order valence-electron chi connectivity index (χ4n) is 3.97. The molecule has 0 aliphatic carbocycles. The number of aromatic nitrogens is 3. The first-order valence-corrected chi connectivity index (χ1v) is 14.4. The smallest absolute Gasteiger partial charge is 0.416 e. The second-order valence-corrected chi connectivity index (χ2v) is 10.8. The first-order valence-electron chi connectivity index (χ1n) is 12.8. The van der Waals surface area contributed by atoms with Crippen LogP contribution in [0.4, 0.5) is 42.4 Å². The molecule has 0 amide bonds. The number of anilines is 4. The predicted molar refractivity (Wildman–Crippen MR) is 164 cm³/mol. The Labute approximate surface area is 264 Å². The van der Waals surface area contributed by atoms with E-state index in [1.807, 2.05) is 35.2 Å². The SMILES string of the molecule is O=[N+]([O-])c1cc(C(F)(F)F)ccc1Oc1c(Br)cc(/C=N/Nc2nc(Nc3ccccc3)nc(N3CCOCC3)n2)cc1Br. The minimum Gasteiger partial charge on any atom is -0.448 e. The Balaban J connectivity index is 1.35. The van der Waals surface area contributed by atoms with Crippen molar-refractivity contribution in [2.24, 2.45) is 5.10 Å². The van der Waals surface area contributed by atoms with E-state index in [9.17, 15) is 23.3 Å². The van der Waals surface area contributed by atoms with Gasteiger partial charge in [-0.15, -0.1) is 0 Å². The molecule has 1 aromatic heterocycles. The molecule has 12 nitrogen and oxygen atoms in total. The van der Waals surface area contributed by atoms with Crippen LogP contribution in [-0.4, -0.2) is 52.4 Å². The Morgan fingerprint density at radius 3 is 2.34 bits per heavy atom. The zero-order chi connectivity index (χ0) is 31.3. The van der Waals surface area contributed by atoms with E-state index < -0.39 is 22.4 Å². The molecular weight excluding hydrogens is 717 g/mol. The first kappa shape index (κ1) is 31.1. The summed E-state index contributed by atoms with van der Waals surface area (Å²) < 4.78 is 51.0. The summed E-state index contributed by atoms with van der Waals surface area (Å²) in [7, 11) is 0. The van der Waals surface area contributed by atoms with Gasteiger partial charge in [-0.1, -0.05) is 18.2 Å². The van der Waals surface area contributed by atoms with Crippen LogP contribution < -0.4 is 20.4 Å². The third-order valence-corrected chi connectivity index (χ3v) is 7.22. The molecule has 4 aromatic rings. The quantitative estimate of drug-likeness (QED) is 0.104. The van der Waals surface area contributed by atoms with Gasteiger partial charge in [0.05, 0.1) is 38.9 Å². The largest absolute Gasteiger partial charge is 0.448 e. The Morgan fingerprint density at radius 1 is 1.00 bits per heavy atom. The molecule has 0 unspecified atom stereocenters. The van der Waals surface area contributed by atoms with Crippen molar-refractivity contribution in [2.75, 3.05) is 41.9 Å². The molecule has 2 N–H and O–H groups in total. The molecule has 228 valence electrons. The number of nitrogens with one attached hydrogen (secondary N) is 2. The summed E-state index contributed by atoms with van der Waals surface area (Å²) in [6.07, 6.45) is -3.27. The topological polar surface area (TPSA) is 140 Å². The minimum atomic E-state index is -4.75. The van der Waals surface area contributed by atoms with E-state index in [4.69, 9.17) is 9.47 Å². The standard InChI is InChI=1S/C27H21Br2F3N8O4/c28-19-12-16(13-20(29)23(19)44-22-7-6-17(27(30,31)32)14-21(22)40(41)42)15-33-38-25-35-24(34-18-4-2-1-3-5-18)36-26(37-25)39-8-10-43-11-9-39/h1-7,12-15H,8-11H2,(H2,34,35,36,37,38)/b33-15+. The van der Waals surface area contributed by atoms with Gasteiger partial charge < -0.3 is 19.7 Å². The van der Waals surface area contributed by atoms with E-state index in [0.717, 1.165) is 11.8 Å². The Kier molecular flexibility index (Phi) is 9.55. The summed E-state index contributed by atoms with van der Waals surface area (Å²) >= 11 is 6.70. The van der Waals surface area contributed by atoms with Crippen molar-refractivity contribution < 1.29 is 27.6 Å². The lowest BCUT2D eigenvalue weighted by atomic mass is 10.2. The van der Waals surface area contributed by atoms with Crippen LogP contribution in [0.15, 0.2) is 74.7 Å². The van der Waals surface area contributed by atoms with Gasteiger partial charge in [-0.05, 0) is 73.8 Å². The molecule has 1 aliphatic rings. The average molecular weight is 738 g/mol. The van der Waals surface area contributed by atoms with Crippen molar-refractivity contribution in [1.82, 2.24) is 15.0 Å². The lowest BCUT2D eigenvalue weighted by molar-refractivity contribution is -0.385. The minimum absolute atomic E-state index is 0.113. The zero-order valence-electron chi connectivity index (χ0n) is 22.4. The number of hydrazone groups is 1. The van der Waals surface area contributed by atoms with Crippen LogP contribution in [0.3, 0.4) is 0 Å². The normalized spacial score (nSPS) is 13.6. The number of alkyl halides is 3. The molecule has 0 spiro atoms. The molecule has 0 radical (unpaired) electrons. The highest BCUT2D eigenvalue weighted by Crippen LogP contribution is 2.42. The number of nitro benzene ring substituents is 1. The van der Waals surface area contributed by atoms with Gasteiger partial charge in [0.15, 0.2) is 5.75 Å². The summed E-state index contributed by atoms with van der Waals surface area (Å²) in [5.41, 5.74) is 2.18. The Hall–Kier alpha value is -4.35. The van der Waals surface area contributed by atoms with Crippen LogP contribution in [0.5, 0.6) is 11.5 Å². The number of ether oxygens (including phenoxy) is 2. The van der Waals surface area contributed by atoms with Gasteiger partial charge in [0.1, 0.15) is 0 Å². The molecule has 0 saturated carbocycles. The summed E-state index contributed by atoms with van der Waals surface area (Å²) in [6, 6.07) is 14.7. The molecular formula is C27H21Br2F3N8O4. The van der Waals surface area contributed by atoms with Gasteiger partial charge in [0.2, 0.25) is 23.6 Å². The van der Waals surface area contributed by atoms with Crippen molar-refractivity contribution in [2.45, 2.75) is 6.18 Å². The van der Waals surface area contributed by atoms with Gasteiger partial charge >= 0.3 is 11.9 Å². The van der Waals surface area contributed by atoms with Crippen LogP contribution in [0, 0.1) is 10.1 Å². The van der Waals surface area contributed by atoms with Crippen molar-refractivity contribution in [3.63, 3.8) is 0 Å². The second-order valence-electron chi connectivity index (χ2n) is 9.10. The van der Waals surface area contributed by atoms with Crippen LogP contribution >= 0.6 is 31.9 Å². The molecule has 17 heteroatoms. The maximum atomic E-state index is 13.1. The van der Waals surface area contributed by atoms with Crippen molar-refractivity contribution in [3.05, 3.63) is 90.9 Å². The summed E-state index contributed by atoms with van der Waals surface area (Å²) in [6.45, 7) is 2.32. The number of rotatable bonds is 9. The third kappa shape index (κ3) is 7.78. The van der Waals surface area contributed by atoms with E-state index in [0.29, 0.717) is 64.8 Å². The number of hydrogen-bond donors (Lipinski definition) is 2. The number of para-hydroxylation sites is 1.